The minimum atomic E-state index is -1.16. The van der Waals surface area contributed by atoms with Crippen LogP contribution in [0.5, 0.6) is 0 Å². The molecule has 0 heterocycles. The van der Waals surface area contributed by atoms with E-state index in [1.165, 1.54) is 0 Å². The summed E-state index contributed by atoms with van der Waals surface area (Å²) in [4.78, 5) is 22.5. The molecule has 1 N–H and O–H groups in total. The van der Waals surface area contributed by atoms with Gasteiger partial charge >= 0.3 is 11.9 Å². The minimum absolute atomic E-state index is 0.588. The van der Waals surface area contributed by atoms with Crippen LogP contribution in [0.15, 0.2) is 42.5 Å². The second-order valence-electron chi connectivity index (χ2n) is 5.81. The first-order chi connectivity index (χ1) is 10.6. The Balaban J connectivity index is 1.94. The lowest BCUT2D eigenvalue weighted by atomic mass is 9.90. The quantitative estimate of drug-likeness (QED) is 0.691. The normalized spacial score (nSPS) is 16.5. The molecule has 0 atom stereocenters. The highest BCUT2D eigenvalue weighted by Crippen LogP contribution is 2.43. The van der Waals surface area contributed by atoms with Crippen LogP contribution < -0.4 is 0 Å². The molecule has 0 bridgehead atoms. The van der Waals surface area contributed by atoms with Gasteiger partial charge in [-0.2, -0.15) is 0 Å². The molecule has 0 aliphatic heterocycles. The molecule has 1 aliphatic rings. The van der Waals surface area contributed by atoms with Gasteiger partial charge in [-0.05, 0) is 48.1 Å². The Morgan fingerprint density at radius 2 is 1.73 bits per heavy atom. The lowest BCUT2D eigenvalue weighted by Crippen LogP contribution is -2.30. The van der Waals surface area contributed by atoms with Gasteiger partial charge in [0.15, 0.2) is 0 Å². The van der Waals surface area contributed by atoms with Crippen molar-refractivity contribution >= 4 is 22.7 Å². The molecule has 1 fully saturated rings. The van der Waals surface area contributed by atoms with Crippen LogP contribution in [-0.2, 0) is 19.9 Å². The zero-order valence-corrected chi connectivity index (χ0v) is 12.2. The number of aliphatic carboxylic acids is 1. The van der Waals surface area contributed by atoms with E-state index in [4.69, 9.17) is 9.84 Å². The van der Waals surface area contributed by atoms with Crippen LogP contribution in [0.3, 0.4) is 0 Å². The lowest BCUT2D eigenvalue weighted by Gasteiger charge is -2.29. The topological polar surface area (TPSA) is 63.6 Å². The van der Waals surface area contributed by atoms with Crippen LogP contribution in [0.4, 0.5) is 0 Å². The average Bonchev–Trinajstić information content (AvgIpc) is 2.95. The van der Waals surface area contributed by atoms with Gasteiger partial charge in [-0.3, -0.25) is 9.59 Å². The molecule has 114 valence electrons. The molecule has 1 saturated carbocycles. The highest BCUT2D eigenvalue weighted by molar-refractivity contribution is 5.90. The van der Waals surface area contributed by atoms with Crippen molar-refractivity contribution in [3.8, 4) is 0 Å². The predicted molar refractivity (Wildman–Crippen MR) is 82.4 cm³/mol. The summed E-state index contributed by atoms with van der Waals surface area (Å²) in [5, 5.41) is 11.0. The Kier molecular flexibility index (Phi) is 3.84. The molecule has 2 aromatic carbocycles. The molecule has 1 aliphatic carbocycles. The average molecular weight is 298 g/mol. The van der Waals surface area contributed by atoms with Crippen LogP contribution in [0.1, 0.15) is 37.7 Å². The summed E-state index contributed by atoms with van der Waals surface area (Å²) in [6.07, 6.45) is 2.86. The SMILES string of the molecule is O=C(O)CC(=O)OC1(c2ccc3ccccc3c2)CCCC1. The van der Waals surface area contributed by atoms with E-state index in [0.717, 1.165) is 42.0 Å². The molecule has 0 saturated heterocycles. The number of rotatable bonds is 4. The maximum absolute atomic E-state index is 11.8. The van der Waals surface area contributed by atoms with Gasteiger partial charge in [0.05, 0.1) is 0 Å². The standard InChI is InChI=1S/C18H18O4/c19-16(20)12-17(21)22-18(9-3-4-10-18)15-8-7-13-5-1-2-6-14(13)11-15/h1-2,5-8,11H,3-4,9-10,12H2,(H,19,20). The first-order valence-corrected chi connectivity index (χ1v) is 7.52. The van der Waals surface area contributed by atoms with Gasteiger partial charge in [-0.1, -0.05) is 36.4 Å². The molecular weight excluding hydrogens is 280 g/mol. The number of carbonyl (C=O) groups is 2. The van der Waals surface area contributed by atoms with Crippen LogP contribution in [0.25, 0.3) is 10.8 Å². The van der Waals surface area contributed by atoms with Crippen LogP contribution in [0.2, 0.25) is 0 Å². The van der Waals surface area contributed by atoms with E-state index in [2.05, 4.69) is 6.07 Å². The molecule has 0 radical (unpaired) electrons. The second kappa shape index (κ2) is 5.79. The number of hydrogen-bond acceptors (Lipinski definition) is 3. The van der Waals surface area contributed by atoms with Crippen molar-refractivity contribution in [2.24, 2.45) is 0 Å². The number of fused-ring (bicyclic) bond motifs is 1. The van der Waals surface area contributed by atoms with E-state index >= 15 is 0 Å². The van der Waals surface area contributed by atoms with E-state index in [0.29, 0.717) is 0 Å². The van der Waals surface area contributed by atoms with E-state index < -0.39 is 24.0 Å². The molecule has 0 spiro atoms. The van der Waals surface area contributed by atoms with Gasteiger partial charge in [0.2, 0.25) is 0 Å². The Morgan fingerprint density at radius 3 is 2.41 bits per heavy atom. The molecule has 2 aromatic rings. The third-order valence-corrected chi connectivity index (χ3v) is 4.29. The van der Waals surface area contributed by atoms with Gasteiger partial charge in [0.25, 0.3) is 0 Å². The molecule has 0 aromatic heterocycles. The van der Waals surface area contributed by atoms with Crippen LogP contribution >= 0.6 is 0 Å². The van der Waals surface area contributed by atoms with Crippen LogP contribution in [-0.4, -0.2) is 17.0 Å². The van der Waals surface area contributed by atoms with Crippen molar-refractivity contribution in [2.45, 2.75) is 37.7 Å². The van der Waals surface area contributed by atoms with Crippen molar-refractivity contribution in [3.63, 3.8) is 0 Å². The third-order valence-electron chi connectivity index (χ3n) is 4.29. The molecule has 3 rings (SSSR count). The van der Waals surface area contributed by atoms with E-state index in [1.54, 1.807) is 0 Å². The molecule has 22 heavy (non-hydrogen) atoms. The third kappa shape index (κ3) is 2.82. The Morgan fingerprint density at radius 1 is 1.05 bits per heavy atom. The van der Waals surface area contributed by atoms with Crippen molar-refractivity contribution in [2.75, 3.05) is 0 Å². The summed E-state index contributed by atoms with van der Waals surface area (Å²) in [7, 11) is 0. The fraction of sp³-hybridized carbons (Fsp3) is 0.333. The molecular formula is C18H18O4. The maximum Gasteiger partial charge on any atom is 0.318 e. The Bertz CT molecular complexity index is 714. The van der Waals surface area contributed by atoms with Gasteiger partial charge < -0.3 is 9.84 Å². The highest BCUT2D eigenvalue weighted by Gasteiger charge is 2.39. The molecule has 0 amide bonds. The zero-order chi connectivity index (χ0) is 15.6. The summed E-state index contributed by atoms with van der Waals surface area (Å²) in [6.45, 7) is 0. The summed E-state index contributed by atoms with van der Waals surface area (Å²) < 4.78 is 5.62. The number of ether oxygens (including phenoxy) is 1. The Labute approximate surface area is 128 Å². The zero-order valence-electron chi connectivity index (χ0n) is 12.2. The summed E-state index contributed by atoms with van der Waals surface area (Å²) in [5.41, 5.74) is 0.291. The number of carboxylic acids is 1. The summed E-state index contributed by atoms with van der Waals surface area (Å²) in [5.74, 6) is -1.82. The minimum Gasteiger partial charge on any atom is -0.481 e. The van der Waals surface area contributed by atoms with Gasteiger partial charge in [0.1, 0.15) is 12.0 Å². The van der Waals surface area contributed by atoms with Crippen molar-refractivity contribution in [1.82, 2.24) is 0 Å². The first kappa shape index (κ1) is 14.6. The molecule has 0 unspecified atom stereocenters. The van der Waals surface area contributed by atoms with Gasteiger partial charge in [-0.25, -0.2) is 0 Å². The summed E-state index contributed by atoms with van der Waals surface area (Å²) >= 11 is 0. The Hall–Kier alpha value is -2.36. The smallest absolute Gasteiger partial charge is 0.318 e. The number of carbonyl (C=O) groups excluding carboxylic acids is 1. The van der Waals surface area contributed by atoms with Crippen LogP contribution in [0, 0.1) is 0 Å². The number of esters is 1. The van der Waals surface area contributed by atoms with Crippen molar-refractivity contribution in [3.05, 3.63) is 48.0 Å². The molecule has 4 heteroatoms. The number of hydrogen-bond donors (Lipinski definition) is 1. The van der Waals surface area contributed by atoms with Crippen molar-refractivity contribution < 1.29 is 19.4 Å². The largest absolute Gasteiger partial charge is 0.481 e. The fourth-order valence-corrected chi connectivity index (χ4v) is 3.25. The predicted octanol–water partition coefficient (Wildman–Crippen LogP) is 3.63. The van der Waals surface area contributed by atoms with E-state index in [9.17, 15) is 9.59 Å². The first-order valence-electron chi connectivity index (χ1n) is 7.52. The summed E-state index contributed by atoms with van der Waals surface area (Å²) in [6, 6.07) is 14.1. The van der Waals surface area contributed by atoms with E-state index in [-0.39, 0.29) is 0 Å². The van der Waals surface area contributed by atoms with Crippen molar-refractivity contribution in [1.29, 1.82) is 0 Å². The molecule has 4 nitrogen and oxygen atoms in total. The van der Waals surface area contributed by atoms with E-state index in [1.807, 2.05) is 36.4 Å². The fourth-order valence-electron chi connectivity index (χ4n) is 3.25. The maximum atomic E-state index is 11.8. The number of benzene rings is 2. The second-order valence-corrected chi connectivity index (χ2v) is 5.81. The van der Waals surface area contributed by atoms with Gasteiger partial charge in [0, 0.05) is 0 Å². The number of carboxylic acid groups (broad SMARTS) is 1. The monoisotopic (exact) mass is 298 g/mol. The highest BCUT2D eigenvalue weighted by atomic mass is 16.6. The van der Waals surface area contributed by atoms with Gasteiger partial charge in [-0.15, -0.1) is 0 Å². The lowest BCUT2D eigenvalue weighted by molar-refractivity contribution is -0.164.